The van der Waals surface area contributed by atoms with E-state index in [0.29, 0.717) is 18.8 Å². The zero-order valence-electron chi connectivity index (χ0n) is 21.1. The lowest BCUT2D eigenvalue weighted by atomic mass is 9.71. The highest BCUT2D eigenvalue weighted by Crippen LogP contribution is 2.45. The van der Waals surface area contributed by atoms with Crippen molar-refractivity contribution in [3.63, 3.8) is 0 Å². The average Bonchev–Trinajstić information content (AvgIpc) is 3.48. The second-order valence-electron chi connectivity index (χ2n) is 11.6. The first-order chi connectivity index (χ1) is 17.4. The van der Waals surface area contributed by atoms with Crippen molar-refractivity contribution in [3.8, 4) is 0 Å². The SMILES string of the molecule is Cc1nc2c(s1)C1(C[NH2+]C2)C[NH2+]CC1C(=O)N1CCC(c2ccccc2)CC1C1CCC(F)(F)CC1. The summed E-state index contributed by atoms with van der Waals surface area (Å²) in [6.07, 6.45) is 2.74. The molecule has 1 saturated carbocycles. The summed E-state index contributed by atoms with van der Waals surface area (Å²) in [6.45, 7) is 6.34. The summed E-state index contributed by atoms with van der Waals surface area (Å²) in [5.41, 5.74) is 2.30. The Bertz CT molecular complexity index is 1100. The van der Waals surface area contributed by atoms with E-state index in [0.717, 1.165) is 56.3 Å². The smallest absolute Gasteiger partial charge is 0.248 e. The Kier molecular flexibility index (Phi) is 6.41. The van der Waals surface area contributed by atoms with E-state index in [4.69, 9.17) is 4.98 Å². The number of aryl methyl sites for hydroxylation is 1. The second-order valence-corrected chi connectivity index (χ2v) is 12.8. The number of piperidine rings is 1. The minimum absolute atomic E-state index is 0.0421. The summed E-state index contributed by atoms with van der Waals surface area (Å²) in [5, 5.41) is 5.72. The molecule has 4 atom stereocenters. The number of halogens is 2. The molecule has 1 spiro atoms. The van der Waals surface area contributed by atoms with Crippen LogP contribution in [0, 0.1) is 18.8 Å². The van der Waals surface area contributed by atoms with Gasteiger partial charge in [0.25, 0.3) is 0 Å². The standard InChI is InChI=1S/C28H36F2N4OS/c1-18-33-23-15-32-17-27(25(23)36-18)16-31-14-22(27)26(35)34-12-9-21(19-5-3-2-4-6-19)13-24(34)20-7-10-28(29,30)11-8-20/h2-6,20-22,24,31-32H,7-17H2,1H3/p+2. The average molecular weight is 517 g/mol. The highest BCUT2D eigenvalue weighted by molar-refractivity contribution is 7.11. The normalized spacial score (nSPS) is 32.5. The fraction of sp³-hybridized carbons (Fsp3) is 0.643. The lowest BCUT2D eigenvalue weighted by molar-refractivity contribution is -0.691. The Morgan fingerprint density at radius 2 is 1.86 bits per heavy atom. The van der Waals surface area contributed by atoms with E-state index in [1.807, 2.05) is 6.07 Å². The Morgan fingerprint density at radius 1 is 1.11 bits per heavy atom. The third kappa shape index (κ3) is 4.29. The molecule has 3 aliphatic heterocycles. The number of rotatable bonds is 3. The summed E-state index contributed by atoms with van der Waals surface area (Å²) in [6, 6.07) is 10.6. The maximum Gasteiger partial charge on any atom is 0.248 e. The van der Waals surface area contributed by atoms with E-state index in [-0.39, 0.29) is 42.0 Å². The van der Waals surface area contributed by atoms with Crippen LogP contribution in [0.2, 0.25) is 0 Å². The zero-order valence-corrected chi connectivity index (χ0v) is 21.9. The molecule has 36 heavy (non-hydrogen) atoms. The highest BCUT2D eigenvalue weighted by atomic mass is 32.1. The number of hydrogen-bond acceptors (Lipinski definition) is 3. The van der Waals surface area contributed by atoms with Gasteiger partial charge in [0, 0.05) is 25.4 Å². The molecule has 0 radical (unpaired) electrons. The number of nitrogens with zero attached hydrogens (tertiary/aromatic N) is 2. The zero-order chi connectivity index (χ0) is 24.9. The molecule has 1 aromatic heterocycles. The Hall–Kier alpha value is -1.90. The van der Waals surface area contributed by atoms with Crippen LogP contribution in [0.15, 0.2) is 30.3 Å². The number of alkyl halides is 2. The van der Waals surface area contributed by atoms with Crippen molar-refractivity contribution in [3.05, 3.63) is 51.5 Å². The van der Waals surface area contributed by atoms with Crippen LogP contribution < -0.4 is 10.6 Å². The lowest BCUT2D eigenvalue weighted by Gasteiger charge is -2.47. The van der Waals surface area contributed by atoms with Crippen LogP contribution in [0.4, 0.5) is 8.78 Å². The minimum atomic E-state index is -2.55. The van der Waals surface area contributed by atoms with Crippen molar-refractivity contribution in [2.45, 2.75) is 75.3 Å². The quantitative estimate of drug-likeness (QED) is 0.659. The molecule has 2 saturated heterocycles. The van der Waals surface area contributed by atoms with Crippen LogP contribution >= 0.6 is 11.3 Å². The first-order valence-electron chi connectivity index (χ1n) is 13.7. The highest BCUT2D eigenvalue weighted by Gasteiger charge is 2.58. The van der Waals surface area contributed by atoms with Crippen molar-refractivity contribution in [1.82, 2.24) is 9.88 Å². The molecular formula is C28H38F2N4OS+2. The van der Waals surface area contributed by atoms with Gasteiger partial charge in [0.15, 0.2) is 0 Å². The Balaban J connectivity index is 1.29. The molecule has 4 unspecified atom stereocenters. The predicted molar refractivity (Wildman–Crippen MR) is 135 cm³/mol. The van der Waals surface area contributed by atoms with Gasteiger partial charge < -0.3 is 15.5 Å². The number of carbonyl (C=O) groups excluding carboxylic acids is 1. The molecule has 5 nitrogen and oxygen atoms in total. The summed E-state index contributed by atoms with van der Waals surface area (Å²) in [4.78, 5) is 22.7. The van der Waals surface area contributed by atoms with Gasteiger partial charge in [0.2, 0.25) is 11.8 Å². The van der Waals surface area contributed by atoms with Gasteiger partial charge in [0.05, 0.1) is 29.5 Å². The maximum atomic E-state index is 14.4. The van der Waals surface area contributed by atoms with Gasteiger partial charge >= 0.3 is 0 Å². The van der Waals surface area contributed by atoms with E-state index in [1.54, 1.807) is 11.3 Å². The van der Waals surface area contributed by atoms with Gasteiger partial charge in [0.1, 0.15) is 23.6 Å². The fourth-order valence-electron chi connectivity index (χ4n) is 7.64. The largest absolute Gasteiger partial charge is 0.345 e. The van der Waals surface area contributed by atoms with Crippen molar-refractivity contribution in [2.75, 3.05) is 26.2 Å². The maximum absolute atomic E-state index is 14.4. The van der Waals surface area contributed by atoms with E-state index in [9.17, 15) is 13.6 Å². The molecular weight excluding hydrogens is 478 g/mol. The van der Waals surface area contributed by atoms with Gasteiger partial charge in [-0.1, -0.05) is 30.3 Å². The summed E-state index contributed by atoms with van der Waals surface area (Å²) in [5.74, 6) is -1.84. The van der Waals surface area contributed by atoms with Crippen LogP contribution in [-0.4, -0.2) is 53.9 Å². The van der Waals surface area contributed by atoms with Crippen LogP contribution in [0.3, 0.4) is 0 Å². The Labute approximate surface area is 216 Å². The van der Waals surface area contributed by atoms with E-state index >= 15 is 0 Å². The monoisotopic (exact) mass is 516 g/mol. The first-order valence-corrected chi connectivity index (χ1v) is 14.5. The molecule has 4 heterocycles. The summed E-state index contributed by atoms with van der Waals surface area (Å²) < 4.78 is 28.2. The number of nitrogens with two attached hydrogens (primary N) is 2. The number of hydrogen-bond donors (Lipinski definition) is 2. The molecule has 1 aromatic carbocycles. The predicted octanol–water partition coefficient (Wildman–Crippen LogP) is 2.56. The van der Waals surface area contributed by atoms with E-state index in [2.05, 4.69) is 46.7 Å². The number of likely N-dealkylation sites (tertiary alicyclic amines) is 1. The van der Waals surface area contributed by atoms with Crippen LogP contribution in [-0.2, 0) is 16.8 Å². The van der Waals surface area contributed by atoms with Crippen LogP contribution in [0.5, 0.6) is 0 Å². The number of quaternary nitrogens is 2. The van der Waals surface area contributed by atoms with Crippen molar-refractivity contribution >= 4 is 17.2 Å². The number of amides is 1. The molecule has 3 fully saturated rings. The van der Waals surface area contributed by atoms with E-state index < -0.39 is 5.92 Å². The Morgan fingerprint density at radius 3 is 2.64 bits per heavy atom. The van der Waals surface area contributed by atoms with Crippen molar-refractivity contribution < 1.29 is 24.2 Å². The minimum Gasteiger partial charge on any atom is -0.345 e. The molecule has 2 aromatic rings. The second kappa shape index (κ2) is 9.44. The topological polar surface area (TPSA) is 66.4 Å². The molecule has 4 N–H and O–H groups in total. The van der Waals surface area contributed by atoms with Gasteiger partial charge in [-0.25, -0.2) is 13.8 Å². The van der Waals surface area contributed by atoms with Gasteiger partial charge in [-0.15, -0.1) is 11.3 Å². The molecule has 1 aliphatic carbocycles. The number of benzene rings is 1. The molecule has 0 bridgehead atoms. The van der Waals surface area contributed by atoms with Crippen LogP contribution in [0.1, 0.15) is 65.6 Å². The number of carbonyl (C=O) groups is 1. The number of fused-ring (bicyclic) bond motifs is 2. The molecule has 4 aliphatic rings. The van der Waals surface area contributed by atoms with Crippen molar-refractivity contribution in [2.24, 2.45) is 11.8 Å². The van der Waals surface area contributed by atoms with Gasteiger partial charge in [-0.3, -0.25) is 4.79 Å². The van der Waals surface area contributed by atoms with E-state index in [1.165, 1.54) is 10.4 Å². The van der Waals surface area contributed by atoms with Crippen LogP contribution in [0.25, 0.3) is 0 Å². The van der Waals surface area contributed by atoms with Gasteiger partial charge in [-0.2, -0.15) is 0 Å². The first kappa shape index (κ1) is 24.4. The summed E-state index contributed by atoms with van der Waals surface area (Å²) >= 11 is 1.78. The third-order valence-corrected chi connectivity index (χ3v) is 10.7. The number of aromatic nitrogens is 1. The van der Waals surface area contributed by atoms with Gasteiger partial charge in [-0.05, 0) is 50.0 Å². The molecule has 194 valence electrons. The summed E-state index contributed by atoms with van der Waals surface area (Å²) in [7, 11) is 0. The molecule has 8 heteroatoms. The number of thiazole rings is 1. The molecule has 1 amide bonds. The third-order valence-electron chi connectivity index (χ3n) is 9.48. The van der Waals surface area contributed by atoms with Crippen molar-refractivity contribution in [1.29, 1.82) is 0 Å². The lowest BCUT2D eigenvalue weighted by Crippen LogP contribution is -2.91. The fourth-order valence-corrected chi connectivity index (χ4v) is 8.85. The molecule has 6 rings (SSSR count).